The van der Waals surface area contributed by atoms with Crippen LogP contribution in [-0.4, -0.2) is 78.5 Å². The highest BCUT2D eigenvalue weighted by atomic mass is 16.5. The van der Waals surface area contributed by atoms with Gasteiger partial charge in [-0.05, 0) is 18.9 Å². The number of nitrogens with one attached hydrogen (secondary N) is 2. The molecule has 4 rings (SSSR count). The predicted octanol–water partition coefficient (Wildman–Crippen LogP) is -1.78. The number of ether oxygens (including phenoxy) is 1. The molecule has 0 radical (unpaired) electrons. The molecule has 2 amide bonds. The lowest BCUT2D eigenvalue weighted by molar-refractivity contribution is -0.130. The number of aliphatic hydroxyl groups is 2. The van der Waals surface area contributed by atoms with Crippen LogP contribution < -0.4 is 22.1 Å². The molecule has 1 aliphatic rings. The molecule has 13 heteroatoms. The Balaban J connectivity index is 1.40. The average Bonchev–Trinajstić information content (AvgIpc) is 3.41. The summed E-state index contributed by atoms with van der Waals surface area (Å²) in [4.78, 5) is 37.4. The summed E-state index contributed by atoms with van der Waals surface area (Å²) in [5.74, 6) is -0.891. The molecule has 1 saturated heterocycles. The van der Waals surface area contributed by atoms with Crippen LogP contribution in [0.5, 0.6) is 0 Å². The van der Waals surface area contributed by atoms with E-state index in [0.717, 1.165) is 5.56 Å². The van der Waals surface area contributed by atoms with Crippen molar-refractivity contribution in [2.75, 3.05) is 12.3 Å². The molecule has 6 atom stereocenters. The summed E-state index contributed by atoms with van der Waals surface area (Å²) in [7, 11) is 0. The second-order valence-corrected chi connectivity index (χ2v) is 8.38. The molecule has 3 aromatic rings. The highest BCUT2D eigenvalue weighted by molar-refractivity contribution is 5.89. The van der Waals surface area contributed by atoms with Crippen LogP contribution in [0.1, 0.15) is 18.7 Å². The van der Waals surface area contributed by atoms with Gasteiger partial charge in [0.1, 0.15) is 30.1 Å². The highest BCUT2D eigenvalue weighted by Gasteiger charge is 2.46. The summed E-state index contributed by atoms with van der Waals surface area (Å²) < 4.78 is 7.25. The Bertz CT molecular complexity index is 1190. The third-order valence-electron chi connectivity index (χ3n) is 5.91. The van der Waals surface area contributed by atoms with Gasteiger partial charge in [0.2, 0.25) is 11.8 Å². The fourth-order valence-electron chi connectivity index (χ4n) is 4.00. The van der Waals surface area contributed by atoms with Gasteiger partial charge in [0.25, 0.3) is 0 Å². The zero-order valence-corrected chi connectivity index (χ0v) is 19.0. The number of nitrogens with zero attached hydrogens (tertiary/aromatic N) is 4. The summed E-state index contributed by atoms with van der Waals surface area (Å²) in [6.07, 6.45) is -0.212. The smallest absolute Gasteiger partial charge is 0.242 e. The van der Waals surface area contributed by atoms with E-state index in [2.05, 4.69) is 25.6 Å². The Morgan fingerprint density at radius 1 is 1.20 bits per heavy atom. The maximum absolute atomic E-state index is 12.8. The molecule has 3 heterocycles. The SMILES string of the molecule is C[C@H](NC(=O)[C@H](N)Cc1ccccc1)C(=O)N[C@@H]1[C@@H](O)[C@@H](n2cnc3c(N)ncnc32)O[C@H]1CO. The van der Waals surface area contributed by atoms with E-state index in [4.69, 9.17) is 16.2 Å². The van der Waals surface area contributed by atoms with Crippen molar-refractivity contribution in [3.05, 3.63) is 48.5 Å². The van der Waals surface area contributed by atoms with Gasteiger partial charge < -0.3 is 37.1 Å². The third kappa shape index (κ3) is 5.07. The van der Waals surface area contributed by atoms with Gasteiger partial charge in [0, 0.05) is 0 Å². The maximum atomic E-state index is 12.8. The van der Waals surface area contributed by atoms with Crippen molar-refractivity contribution in [1.29, 1.82) is 0 Å². The molecule has 0 bridgehead atoms. The van der Waals surface area contributed by atoms with Crippen LogP contribution in [-0.2, 0) is 20.7 Å². The standard InChI is InChI=1S/C22H28N8O5/c1-11(28-21(34)13(23)7-12-5-3-2-4-6-12)20(33)29-15-14(8-31)35-22(17(15)32)30-10-27-16-18(24)25-9-26-19(16)30/h2-6,9-11,13-15,17,22,31-32H,7-8,23H2,1H3,(H,28,34)(H,29,33)(H2,24,25,26)/t11-,13+,14-,15-,17+,22-/m0/s1. The monoisotopic (exact) mass is 484 g/mol. The van der Waals surface area contributed by atoms with E-state index in [0.29, 0.717) is 17.6 Å². The number of imidazole rings is 1. The van der Waals surface area contributed by atoms with E-state index in [1.165, 1.54) is 24.1 Å². The van der Waals surface area contributed by atoms with Crippen LogP contribution in [0.3, 0.4) is 0 Å². The van der Waals surface area contributed by atoms with E-state index in [1.54, 1.807) is 0 Å². The van der Waals surface area contributed by atoms with Gasteiger partial charge in [0.05, 0.1) is 25.0 Å². The van der Waals surface area contributed by atoms with Crippen molar-refractivity contribution in [3.8, 4) is 0 Å². The fourth-order valence-corrected chi connectivity index (χ4v) is 4.00. The number of hydrogen-bond acceptors (Lipinski definition) is 10. The molecular formula is C22H28N8O5. The highest BCUT2D eigenvalue weighted by Crippen LogP contribution is 2.31. The Labute approximate surface area is 200 Å². The summed E-state index contributed by atoms with van der Waals surface area (Å²) in [5, 5.41) is 26.0. The second-order valence-electron chi connectivity index (χ2n) is 8.38. The number of anilines is 1. The molecule has 0 unspecified atom stereocenters. The summed E-state index contributed by atoms with van der Waals surface area (Å²) in [6, 6.07) is 6.54. The number of nitrogens with two attached hydrogens (primary N) is 2. The second kappa shape index (κ2) is 10.3. The van der Waals surface area contributed by atoms with Gasteiger partial charge in [-0.1, -0.05) is 30.3 Å². The van der Waals surface area contributed by atoms with E-state index in [9.17, 15) is 19.8 Å². The molecular weight excluding hydrogens is 456 g/mol. The first-order chi connectivity index (χ1) is 16.8. The first-order valence-electron chi connectivity index (χ1n) is 11.1. The Hall–Kier alpha value is -3.65. The van der Waals surface area contributed by atoms with Gasteiger partial charge >= 0.3 is 0 Å². The number of benzene rings is 1. The number of fused-ring (bicyclic) bond motifs is 1. The minimum atomic E-state index is -1.26. The molecule has 1 aliphatic heterocycles. The summed E-state index contributed by atoms with van der Waals surface area (Å²) in [5.41, 5.74) is 13.4. The van der Waals surface area contributed by atoms with Crippen LogP contribution in [0.15, 0.2) is 43.0 Å². The number of hydrogen-bond donors (Lipinski definition) is 6. The number of aromatic nitrogens is 4. The van der Waals surface area contributed by atoms with Crippen molar-refractivity contribution < 1.29 is 24.5 Å². The molecule has 1 aromatic carbocycles. The van der Waals surface area contributed by atoms with E-state index in [1.807, 2.05) is 30.3 Å². The predicted molar refractivity (Wildman–Crippen MR) is 124 cm³/mol. The molecule has 8 N–H and O–H groups in total. The average molecular weight is 485 g/mol. The molecule has 13 nitrogen and oxygen atoms in total. The van der Waals surface area contributed by atoms with Crippen LogP contribution in [0.2, 0.25) is 0 Å². The zero-order valence-electron chi connectivity index (χ0n) is 19.0. The zero-order chi connectivity index (χ0) is 25.1. The first kappa shape index (κ1) is 24.5. The molecule has 0 aliphatic carbocycles. The minimum absolute atomic E-state index is 0.167. The van der Waals surface area contributed by atoms with Crippen molar-refractivity contribution in [2.45, 2.75) is 49.9 Å². The Morgan fingerprint density at radius 2 is 1.94 bits per heavy atom. The molecule has 2 aromatic heterocycles. The van der Waals surface area contributed by atoms with Crippen LogP contribution in [0.25, 0.3) is 11.2 Å². The van der Waals surface area contributed by atoms with E-state index < -0.39 is 55.0 Å². The lowest BCUT2D eigenvalue weighted by atomic mass is 10.1. The first-order valence-corrected chi connectivity index (χ1v) is 11.1. The Kier molecular flexibility index (Phi) is 7.21. The van der Waals surface area contributed by atoms with Crippen molar-refractivity contribution >= 4 is 28.8 Å². The largest absolute Gasteiger partial charge is 0.394 e. The lowest BCUT2D eigenvalue weighted by Crippen LogP contribution is -2.56. The molecule has 186 valence electrons. The van der Waals surface area contributed by atoms with Crippen molar-refractivity contribution in [3.63, 3.8) is 0 Å². The molecule has 0 saturated carbocycles. The van der Waals surface area contributed by atoms with Crippen molar-refractivity contribution in [1.82, 2.24) is 30.2 Å². The van der Waals surface area contributed by atoms with E-state index in [-0.39, 0.29) is 5.82 Å². The normalized spacial score (nSPS) is 23.7. The summed E-state index contributed by atoms with van der Waals surface area (Å²) >= 11 is 0. The number of amides is 2. The number of nitrogen functional groups attached to an aromatic ring is 1. The van der Waals surface area contributed by atoms with E-state index >= 15 is 0 Å². The number of carbonyl (C=O) groups is 2. The van der Waals surface area contributed by atoms with Crippen LogP contribution in [0.4, 0.5) is 5.82 Å². The third-order valence-corrected chi connectivity index (χ3v) is 5.91. The van der Waals surface area contributed by atoms with Gasteiger partial charge in [0.15, 0.2) is 17.7 Å². The molecule has 35 heavy (non-hydrogen) atoms. The topological polar surface area (TPSA) is 204 Å². The molecule has 0 spiro atoms. The molecule has 1 fully saturated rings. The summed E-state index contributed by atoms with van der Waals surface area (Å²) in [6.45, 7) is 1.03. The van der Waals surface area contributed by atoms with Gasteiger partial charge in [-0.15, -0.1) is 0 Å². The van der Waals surface area contributed by atoms with Crippen LogP contribution in [0, 0.1) is 0 Å². The van der Waals surface area contributed by atoms with Crippen molar-refractivity contribution in [2.24, 2.45) is 5.73 Å². The van der Waals surface area contributed by atoms with Crippen LogP contribution >= 0.6 is 0 Å². The van der Waals surface area contributed by atoms with Gasteiger partial charge in [-0.3, -0.25) is 14.2 Å². The van der Waals surface area contributed by atoms with Gasteiger partial charge in [-0.25, -0.2) is 15.0 Å². The number of carbonyl (C=O) groups excluding carboxylic acids is 2. The number of rotatable bonds is 8. The minimum Gasteiger partial charge on any atom is -0.394 e. The number of aliphatic hydroxyl groups excluding tert-OH is 2. The fraction of sp³-hybridized carbons (Fsp3) is 0.409. The maximum Gasteiger partial charge on any atom is 0.242 e. The quantitative estimate of drug-likeness (QED) is 0.212. The van der Waals surface area contributed by atoms with Gasteiger partial charge in [-0.2, -0.15) is 0 Å². The Morgan fingerprint density at radius 3 is 2.66 bits per heavy atom. The lowest BCUT2D eigenvalue weighted by Gasteiger charge is -2.24.